The van der Waals surface area contributed by atoms with Crippen molar-refractivity contribution in [1.29, 1.82) is 0 Å². The van der Waals surface area contributed by atoms with Gasteiger partial charge in [0.15, 0.2) is 17.2 Å². The van der Waals surface area contributed by atoms with Crippen molar-refractivity contribution in [3.8, 4) is 22.8 Å². The molecule has 11 heteroatoms. The van der Waals surface area contributed by atoms with Crippen LogP contribution in [-0.4, -0.2) is 34.1 Å². The van der Waals surface area contributed by atoms with Gasteiger partial charge in [-0.3, -0.25) is 9.55 Å². The molecule has 5 aromatic rings. The van der Waals surface area contributed by atoms with Gasteiger partial charge in [-0.1, -0.05) is 31.2 Å². The molecule has 35 heavy (non-hydrogen) atoms. The van der Waals surface area contributed by atoms with Crippen LogP contribution in [-0.2, 0) is 26.2 Å². The van der Waals surface area contributed by atoms with E-state index in [1.807, 2.05) is 19.1 Å². The molecule has 0 radical (unpaired) electrons. The fraction of sp³-hybridized carbons (Fsp3) is 0.208. The maximum Gasteiger partial charge on any atom is 0.434 e. The largest absolute Gasteiger partial charge is 0.434 e. The van der Waals surface area contributed by atoms with Crippen LogP contribution in [0, 0.1) is 0 Å². The molecule has 0 aliphatic rings. The molecular weight excluding hydrogens is 459 g/mol. The molecule has 4 heterocycles. The van der Waals surface area contributed by atoms with Crippen LogP contribution < -0.4 is 5.69 Å². The van der Waals surface area contributed by atoms with Gasteiger partial charge in [0, 0.05) is 30.6 Å². The summed E-state index contributed by atoms with van der Waals surface area (Å²) in [6, 6.07) is 10.6. The van der Waals surface area contributed by atoms with E-state index in [2.05, 4.69) is 24.9 Å². The average Bonchev–Trinajstić information content (AvgIpc) is 3.39. The molecule has 4 aromatic heterocycles. The number of benzene rings is 1. The molecule has 0 saturated carbocycles. The molecule has 5 rings (SSSR count). The first-order valence-corrected chi connectivity index (χ1v) is 10.8. The molecule has 1 N–H and O–H groups in total. The van der Waals surface area contributed by atoms with Crippen LogP contribution in [0.25, 0.3) is 33.9 Å². The van der Waals surface area contributed by atoms with E-state index in [1.54, 1.807) is 36.7 Å². The molecule has 178 valence electrons. The summed E-state index contributed by atoms with van der Waals surface area (Å²) >= 11 is 0. The molecular formula is C24H20F3N7O. The second kappa shape index (κ2) is 8.49. The van der Waals surface area contributed by atoms with E-state index in [4.69, 9.17) is 0 Å². The Labute approximate surface area is 197 Å². The lowest BCUT2D eigenvalue weighted by atomic mass is 10.1. The van der Waals surface area contributed by atoms with Gasteiger partial charge in [-0.25, -0.2) is 19.7 Å². The van der Waals surface area contributed by atoms with Crippen molar-refractivity contribution in [3.05, 3.63) is 82.4 Å². The molecule has 0 aliphatic heterocycles. The second-order valence-electron chi connectivity index (χ2n) is 8.05. The zero-order chi connectivity index (χ0) is 24.7. The Kier molecular flexibility index (Phi) is 5.46. The number of imidazole rings is 2. The summed E-state index contributed by atoms with van der Waals surface area (Å²) in [5.41, 5.74) is 2.64. The monoisotopic (exact) mass is 479 g/mol. The van der Waals surface area contributed by atoms with Gasteiger partial charge >= 0.3 is 11.9 Å². The third kappa shape index (κ3) is 4.20. The molecule has 1 aromatic carbocycles. The summed E-state index contributed by atoms with van der Waals surface area (Å²) < 4.78 is 41.8. The fourth-order valence-corrected chi connectivity index (χ4v) is 3.96. The minimum Gasteiger partial charge on any atom is -0.333 e. The summed E-state index contributed by atoms with van der Waals surface area (Å²) in [6.45, 7) is 2.22. The number of aryl methyl sites for hydroxylation is 2. The number of halogens is 3. The van der Waals surface area contributed by atoms with E-state index in [0.29, 0.717) is 29.0 Å². The van der Waals surface area contributed by atoms with Gasteiger partial charge < -0.3 is 9.55 Å². The lowest BCUT2D eigenvalue weighted by molar-refractivity contribution is -0.140. The first-order chi connectivity index (χ1) is 16.7. The van der Waals surface area contributed by atoms with Gasteiger partial charge in [-0.2, -0.15) is 13.2 Å². The number of aromatic nitrogens is 7. The zero-order valence-corrected chi connectivity index (χ0v) is 18.8. The molecule has 0 amide bonds. The van der Waals surface area contributed by atoms with Crippen molar-refractivity contribution in [2.24, 2.45) is 7.05 Å². The van der Waals surface area contributed by atoms with Crippen LogP contribution in [0.4, 0.5) is 13.2 Å². The molecule has 0 aliphatic carbocycles. The van der Waals surface area contributed by atoms with Crippen molar-refractivity contribution in [3.63, 3.8) is 0 Å². The van der Waals surface area contributed by atoms with Crippen molar-refractivity contribution >= 4 is 11.2 Å². The Bertz CT molecular complexity index is 1580. The van der Waals surface area contributed by atoms with Crippen LogP contribution in [0.1, 0.15) is 23.9 Å². The second-order valence-corrected chi connectivity index (χ2v) is 8.05. The fourth-order valence-electron chi connectivity index (χ4n) is 3.96. The Morgan fingerprint density at radius 2 is 1.83 bits per heavy atom. The van der Waals surface area contributed by atoms with Crippen LogP contribution in [0.2, 0.25) is 0 Å². The SMILES string of the molecule is CCc1ncccc1-c1ncc2[nH]c(=O)n(Cc3ccc(-c4nc(C(F)(F)F)cn4C)cc3)c2n1. The molecule has 0 spiro atoms. The maximum absolute atomic E-state index is 13.0. The normalized spacial score (nSPS) is 11.9. The summed E-state index contributed by atoms with van der Waals surface area (Å²) in [6.07, 6.45) is 0.444. The highest BCUT2D eigenvalue weighted by Gasteiger charge is 2.34. The number of nitrogens with zero attached hydrogens (tertiary/aromatic N) is 6. The van der Waals surface area contributed by atoms with E-state index in [9.17, 15) is 18.0 Å². The van der Waals surface area contributed by atoms with Crippen molar-refractivity contribution in [1.82, 2.24) is 34.1 Å². The Morgan fingerprint density at radius 1 is 1.06 bits per heavy atom. The Balaban J connectivity index is 1.47. The summed E-state index contributed by atoms with van der Waals surface area (Å²) in [7, 11) is 1.51. The van der Waals surface area contributed by atoms with Gasteiger partial charge in [-0.15, -0.1) is 0 Å². The molecule has 0 unspecified atom stereocenters. The van der Waals surface area contributed by atoms with Gasteiger partial charge in [0.1, 0.15) is 11.3 Å². The zero-order valence-electron chi connectivity index (χ0n) is 18.8. The molecule has 0 atom stereocenters. The van der Waals surface area contributed by atoms with Gasteiger partial charge in [0.05, 0.1) is 18.4 Å². The lowest BCUT2D eigenvalue weighted by Gasteiger charge is -2.08. The van der Waals surface area contributed by atoms with Crippen LogP contribution in [0.15, 0.2) is 59.8 Å². The first-order valence-electron chi connectivity index (χ1n) is 10.8. The Hall–Kier alpha value is -4.28. The third-order valence-electron chi connectivity index (χ3n) is 5.70. The van der Waals surface area contributed by atoms with Crippen LogP contribution in [0.3, 0.4) is 0 Å². The number of H-pyrrole nitrogens is 1. The number of hydrogen-bond donors (Lipinski definition) is 1. The van der Waals surface area contributed by atoms with Crippen LogP contribution >= 0.6 is 0 Å². The van der Waals surface area contributed by atoms with E-state index >= 15 is 0 Å². The smallest absolute Gasteiger partial charge is 0.333 e. The number of nitrogens with one attached hydrogen (secondary N) is 1. The predicted molar refractivity (Wildman–Crippen MR) is 124 cm³/mol. The topological polar surface area (TPSA) is 94.3 Å². The van der Waals surface area contributed by atoms with Crippen LogP contribution in [0.5, 0.6) is 0 Å². The lowest BCUT2D eigenvalue weighted by Crippen LogP contribution is -2.17. The number of hydrogen-bond acceptors (Lipinski definition) is 5. The molecule has 0 saturated heterocycles. The average molecular weight is 479 g/mol. The van der Waals surface area contributed by atoms with E-state index in [-0.39, 0.29) is 18.1 Å². The molecule has 0 bridgehead atoms. The van der Waals surface area contributed by atoms with E-state index in [0.717, 1.165) is 23.0 Å². The first kappa shape index (κ1) is 22.5. The predicted octanol–water partition coefficient (Wildman–Crippen LogP) is 4.21. The summed E-state index contributed by atoms with van der Waals surface area (Å²) in [5, 5.41) is 0. The minimum atomic E-state index is -4.51. The summed E-state index contributed by atoms with van der Waals surface area (Å²) in [5.74, 6) is 0.675. The van der Waals surface area contributed by atoms with Gasteiger partial charge in [0.25, 0.3) is 0 Å². The number of alkyl halides is 3. The van der Waals surface area contributed by atoms with Crippen molar-refractivity contribution < 1.29 is 13.2 Å². The molecule has 0 fully saturated rings. The number of fused-ring (bicyclic) bond motifs is 1. The minimum absolute atomic E-state index is 0.203. The highest BCUT2D eigenvalue weighted by atomic mass is 19.4. The number of rotatable bonds is 5. The maximum atomic E-state index is 13.0. The Morgan fingerprint density at radius 3 is 2.51 bits per heavy atom. The number of pyridine rings is 1. The van der Waals surface area contributed by atoms with Crippen molar-refractivity contribution in [2.45, 2.75) is 26.1 Å². The highest BCUT2D eigenvalue weighted by Crippen LogP contribution is 2.30. The molecule has 8 nitrogen and oxygen atoms in total. The standard InChI is InChI=1S/C24H20F3N7O/c1-3-17-16(5-4-10-28-17)20-29-11-18-22(32-20)34(23(35)30-18)12-14-6-8-15(9-7-14)21-31-19(13-33(21)2)24(25,26)27/h4-11,13H,3,12H2,1-2H3,(H,30,35). The number of aromatic amines is 1. The highest BCUT2D eigenvalue weighted by molar-refractivity contribution is 5.73. The van der Waals surface area contributed by atoms with Gasteiger partial charge in [-0.05, 0) is 24.1 Å². The quantitative estimate of drug-likeness (QED) is 0.408. The third-order valence-corrected chi connectivity index (χ3v) is 5.70. The van der Waals surface area contributed by atoms with Gasteiger partial charge in [0.2, 0.25) is 0 Å². The van der Waals surface area contributed by atoms with Crippen molar-refractivity contribution in [2.75, 3.05) is 0 Å². The summed E-state index contributed by atoms with van der Waals surface area (Å²) in [4.78, 5) is 32.5. The van der Waals surface area contributed by atoms with E-state index in [1.165, 1.54) is 16.2 Å². The van der Waals surface area contributed by atoms with E-state index < -0.39 is 11.9 Å².